The fourth-order valence-corrected chi connectivity index (χ4v) is 4.31. The maximum Gasteiger partial charge on any atom is 0.531 e. The van der Waals surface area contributed by atoms with Crippen molar-refractivity contribution in [3.8, 4) is 0 Å². The van der Waals surface area contributed by atoms with E-state index < -0.39 is 31.1 Å². The highest BCUT2D eigenvalue weighted by atomic mass is 16.6. The van der Waals surface area contributed by atoms with E-state index in [1.807, 2.05) is 51.1 Å². The number of hydrogen-bond acceptors (Lipinski definition) is 8. The molecular weight excluding hydrogens is 459 g/mol. The van der Waals surface area contributed by atoms with Crippen LogP contribution in [0.1, 0.15) is 56.6 Å². The standard InChI is InChI=1S/C26H35BN4O5/c1-17(2)12-21(27-35-16-18(3)30-19(4)26(34)36-27)14-24(32)22(13-20-8-6-5-7-9-20)31-25(33)23-15-28-10-11-29-23/h5-11,15,17-19,21-22,30H,12-14,16H2,1-4H3,(H,31,33)/t18-,19-,21-,22+/m1/s1. The maximum absolute atomic E-state index is 13.7. The molecule has 2 aromatic rings. The lowest BCUT2D eigenvalue weighted by molar-refractivity contribution is -0.139. The number of amides is 1. The van der Waals surface area contributed by atoms with Gasteiger partial charge in [-0.3, -0.25) is 24.7 Å². The van der Waals surface area contributed by atoms with Crippen LogP contribution in [-0.2, 0) is 25.3 Å². The number of carbonyl (C=O) groups excluding carboxylic acids is 3. The Bertz CT molecular complexity index is 1010. The molecule has 0 saturated carbocycles. The van der Waals surface area contributed by atoms with Gasteiger partial charge in [0.15, 0.2) is 5.78 Å². The first-order valence-corrected chi connectivity index (χ1v) is 12.4. The predicted octanol–water partition coefficient (Wildman–Crippen LogP) is 2.62. The van der Waals surface area contributed by atoms with Gasteiger partial charge >= 0.3 is 13.1 Å². The number of rotatable bonds is 10. The van der Waals surface area contributed by atoms with E-state index in [1.54, 1.807) is 6.92 Å². The van der Waals surface area contributed by atoms with Gasteiger partial charge in [0.25, 0.3) is 5.91 Å². The molecule has 1 aliphatic rings. The summed E-state index contributed by atoms with van der Waals surface area (Å²) in [5.41, 5.74) is 1.05. The van der Waals surface area contributed by atoms with Crippen molar-refractivity contribution in [1.29, 1.82) is 0 Å². The van der Waals surface area contributed by atoms with Gasteiger partial charge in [-0.1, -0.05) is 44.2 Å². The minimum atomic E-state index is -0.844. The third kappa shape index (κ3) is 8.24. The van der Waals surface area contributed by atoms with E-state index in [0.717, 1.165) is 5.56 Å². The summed E-state index contributed by atoms with van der Waals surface area (Å²) in [6.45, 7) is 8.13. The molecule has 192 valence electrons. The topological polar surface area (TPSA) is 120 Å². The number of benzene rings is 1. The van der Waals surface area contributed by atoms with Crippen LogP contribution in [0.15, 0.2) is 48.9 Å². The van der Waals surface area contributed by atoms with Gasteiger partial charge < -0.3 is 14.6 Å². The van der Waals surface area contributed by atoms with Crippen molar-refractivity contribution in [2.24, 2.45) is 5.92 Å². The molecular formula is C26H35BN4O5. The summed E-state index contributed by atoms with van der Waals surface area (Å²) in [7, 11) is -0.844. The Morgan fingerprint density at radius 1 is 1.19 bits per heavy atom. The molecule has 1 saturated heterocycles. The summed E-state index contributed by atoms with van der Waals surface area (Å²) in [4.78, 5) is 47.0. The molecule has 1 amide bonds. The number of Topliss-reactive ketones (excluding diaryl/α,β-unsaturated/α-hetero) is 1. The third-order valence-corrected chi connectivity index (χ3v) is 6.03. The summed E-state index contributed by atoms with van der Waals surface area (Å²) in [5.74, 6) is -1.16. The van der Waals surface area contributed by atoms with Crippen LogP contribution < -0.4 is 10.6 Å². The Balaban J connectivity index is 1.81. The van der Waals surface area contributed by atoms with Gasteiger partial charge in [-0.15, -0.1) is 0 Å². The zero-order valence-corrected chi connectivity index (χ0v) is 21.3. The van der Waals surface area contributed by atoms with Crippen LogP contribution in [0.4, 0.5) is 0 Å². The quantitative estimate of drug-likeness (QED) is 0.484. The highest BCUT2D eigenvalue weighted by Crippen LogP contribution is 2.28. The van der Waals surface area contributed by atoms with Crippen LogP contribution in [0.25, 0.3) is 0 Å². The van der Waals surface area contributed by atoms with Gasteiger partial charge in [0.05, 0.1) is 12.2 Å². The molecule has 0 unspecified atom stereocenters. The average molecular weight is 494 g/mol. The van der Waals surface area contributed by atoms with Crippen LogP contribution >= 0.6 is 0 Å². The second-order valence-corrected chi connectivity index (χ2v) is 9.79. The lowest BCUT2D eigenvalue weighted by atomic mass is 9.64. The number of nitrogens with zero attached hydrogens (tertiary/aromatic N) is 2. The van der Waals surface area contributed by atoms with Crippen molar-refractivity contribution in [3.05, 3.63) is 60.2 Å². The lowest BCUT2D eigenvalue weighted by Crippen LogP contribution is -2.50. The first kappa shape index (κ1) is 27.5. The molecule has 36 heavy (non-hydrogen) atoms. The second kappa shape index (κ2) is 13.3. The lowest BCUT2D eigenvalue weighted by Gasteiger charge is -2.31. The molecule has 2 N–H and O–H groups in total. The normalized spacial score (nSPS) is 20.1. The van der Waals surface area contributed by atoms with E-state index in [-0.39, 0.29) is 35.7 Å². The monoisotopic (exact) mass is 494 g/mol. The van der Waals surface area contributed by atoms with Crippen molar-refractivity contribution < 1.29 is 23.7 Å². The van der Waals surface area contributed by atoms with Crippen molar-refractivity contribution in [2.75, 3.05) is 6.61 Å². The fourth-order valence-electron chi connectivity index (χ4n) is 4.31. The highest BCUT2D eigenvalue weighted by molar-refractivity contribution is 6.49. The molecule has 4 atom stereocenters. The highest BCUT2D eigenvalue weighted by Gasteiger charge is 2.40. The Kier molecular flexibility index (Phi) is 10.1. The SMILES string of the molecule is CC(C)C[C@H](CC(=O)[C@H](Cc1ccccc1)NC(=O)c1cnccn1)B1OC[C@@H](C)N[C@H](C)C(=O)O1. The second-order valence-electron chi connectivity index (χ2n) is 9.79. The van der Waals surface area contributed by atoms with E-state index in [4.69, 9.17) is 9.31 Å². The third-order valence-electron chi connectivity index (χ3n) is 6.03. The molecule has 0 aliphatic carbocycles. The minimum Gasteiger partial charge on any atom is -0.508 e. The molecule has 3 rings (SSSR count). The predicted molar refractivity (Wildman–Crippen MR) is 136 cm³/mol. The number of nitrogens with one attached hydrogen (secondary N) is 2. The largest absolute Gasteiger partial charge is 0.531 e. The molecule has 2 heterocycles. The number of hydrogen-bond donors (Lipinski definition) is 2. The van der Waals surface area contributed by atoms with Crippen molar-refractivity contribution in [2.45, 2.75) is 70.9 Å². The smallest absolute Gasteiger partial charge is 0.508 e. The minimum absolute atomic E-state index is 0.0390. The van der Waals surface area contributed by atoms with Gasteiger partial charge in [-0.2, -0.15) is 0 Å². The molecule has 1 aliphatic heterocycles. The van der Waals surface area contributed by atoms with Gasteiger partial charge in [0.1, 0.15) is 11.7 Å². The first-order chi connectivity index (χ1) is 17.2. The van der Waals surface area contributed by atoms with E-state index in [9.17, 15) is 14.4 Å². The molecule has 1 aromatic carbocycles. The average Bonchev–Trinajstić information content (AvgIpc) is 2.85. The van der Waals surface area contributed by atoms with Crippen molar-refractivity contribution >= 4 is 24.8 Å². The molecule has 0 radical (unpaired) electrons. The Morgan fingerprint density at radius 2 is 1.94 bits per heavy atom. The summed E-state index contributed by atoms with van der Waals surface area (Å²) in [6.07, 6.45) is 5.30. The van der Waals surface area contributed by atoms with Crippen LogP contribution in [-0.4, -0.2) is 59.5 Å². The van der Waals surface area contributed by atoms with E-state index in [1.165, 1.54) is 18.6 Å². The molecule has 1 fully saturated rings. The van der Waals surface area contributed by atoms with E-state index in [2.05, 4.69) is 20.6 Å². The number of carbonyl (C=O) groups is 3. The van der Waals surface area contributed by atoms with Gasteiger partial charge in [-0.25, -0.2) is 4.98 Å². The molecule has 10 heteroatoms. The van der Waals surface area contributed by atoms with Crippen molar-refractivity contribution in [3.63, 3.8) is 0 Å². The maximum atomic E-state index is 13.7. The Hall–Kier alpha value is -3.11. The molecule has 0 bridgehead atoms. The van der Waals surface area contributed by atoms with Crippen LogP contribution in [0.5, 0.6) is 0 Å². The van der Waals surface area contributed by atoms with Gasteiger partial charge in [-0.05, 0) is 38.2 Å². The summed E-state index contributed by atoms with van der Waals surface area (Å²) in [5, 5.41) is 5.97. The Labute approximate surface area is 212 Å². The van der Waals surface area contributed by atoms with Gasteiger partial charge in [0, 0.05) is 37.3 Å². The summed E-state index contributed by atoms with van der Waals surface area (Å²) in [6, 6.07) is 8.20. The zero-order valence-electron chi connectivity index (χ0n) is 21.3. The summed E-state index contributed by atoms with van der Waals surface area (Å²) < 4.78 is 11.6. The fraction of sp³-hybridized carbons (Fsp3) is 0.500. The molecule has 0 spiro atoms. The van der Waals surface area contributed by atoms with Crippen LogP contribution in [0.2, 0.25) is 5.82 Å². The Morgan fingerprint density at radius 3 is 2.61 bits per heavy atom. The number of ketones is 1. The van der Waals surface area contributed by atoms with E-state index in [0.29, 0.717) is 19.4 Å². The van der Waals surface area contributed by atoms with Crippen LogP contribution in [0, 0.1) is 5.92 Å². The zero-order chi connectivity index (χ0) is 26.1. The van der Waals surface area contributed by atoms with E-state index >= 15 is 0 Å². The molecule has 1 aromatic heterocycles. The number of aromatic nitrogens is 2. The van der Waals surface area contributed by atoms with Gasteiger partial charge in [0.2, 0.25) is 0 Å². The van der Waals surface area contributed by atoms with Crippen molar-refractivity contribution in [1.82, 2.24) is 20.6 Å². The first-order valence-electron chi connectivity index (χ1n) is 12.4. The summed E-state index contributed by atoms with van der Waals surface area (Å²) >= 11 is 0. The van der Waals surface area contributed by atoms with Crippen LogP contribution in [0.3, 0.4) is 0 Å². The molecule has 9 nitrogen and oxygen atoms in total.